The van der Waals surface area contributed by atoms with Crippen molar-refractivity contribution in [3.8, 4) is 0 Å². The topological polar surface area (TPSA) is 52.5 Å². The second-order valence-electron chi connectivity index (χ2n) is 3.19. The average molecular weight is 234 g/mol. The van der Waals surface area contributed by atoms with Crippen molar-refractivity contribution in [2.24, 2.45) is 0 Å². The lowest BCUT2D eigenvalue weighted by Crippen LogP contribution is -2.35. The largest absolute Gasteiger partial charge is 0.395 e. The van der Waals surface area contributed by atoms with Crippen LogP contribution in [0.25, 0.3) is 0 Å². The molecule has 0 heterocycles. The van der Waals surface area contributed by atoms with E-state index in [0.29, 0.717) is 6.54 Å². The normalized spacial score (nSPS) is 11.0. The quantitative estimate of drug-likeness (QED) is 0.709. The number of benzene rings is 1. The smallest absolute Gasteiger partial charge is 0.141 e. The molecule has 0 aliphatic rings. The highest BCUT2D eigenvalue weighted by molar-refractivity contribution is 6.30. The van der Waals surface area contributed by atoms with E-state index in [1.54, 1.807) is 6.07 Å². The molecule has 0 atom stereocenters. The molecule has 1 aromatic carbocycles. The first-order valence-electron chi connectivity index (χ1n) is 4.56. The van der Waals surface area contributed by atoms with Crippen LogP contribution in [0, 0.1) is 5.82 Å². The van der Waals surface area contributed by atoms with Crippen LogP contribution in [0.2, 0.25) is 5.02 Å². The minimum atomic E-state index is -0.457. The van der Waals surface area contributed by atoms with E-state index in [1.807, 2.05) is 0 Å². The van der Waals surface area contributed by atoms with E-state index in [0.717, 1.165) is 5.56 Å². The maximum absolute atomic E-state index is 12.8. The first-order valence-corrected chi connectivity index (χ1v) is 4.94. The molecule has 3 nitrogen and oxygen atoms in total. The molecule has 1 aromatic rings. The Hall–Kier alpha value is -0.680. The van der Waals surface area contributed by atoms with E-state index < -0.39 is 5.82 Å². The van der Waals surface area contributed by atoms with Gasteiger partial charge in [-0.05, 0) is 17.7 Å². The molecule has 0 fully saturated rings. The Balaban J connectivity index is 2.54. The Kier molecular flexibility index (Phi) is 4.98. The zero-order chi connectivity index (χ0) is 11.3. The van der Waals surface area contributed by atoms with Crippen LogP contribution in [0.1, 0.15) is 5.56 Å². The number of aliphatic hydroxyl groups excluding tert-OH is 2. The van der Waals surface area contributed by atoms with Gasteiger partial charge in [0.25, 0.3) is 0 Å². The number of halogens is 2. The van der Waals surface area contributed by atoms with Gasteiger partial charge in [-0.25, -0.2) is 4.39 Å². The minimum absolute atomic E-state index is 0.0684. The fraction of sp³-hybridized carbons (Fsp3) is 0.400. The maximum atomic E-state index is 12.8. The molecule has 0 saturated carbocycles. The molecule has 15 heavy (non-hydrogen) atoms. The summed E-state index contributed by atoms with van der Waals surface area (Å²) >= 11 is 5.60. The van der Waals surface area contributed by atoms with Gasteiger partial charge in [0.15, 0.2) is 0 Å². The monoisotopic (exact) mass is 233 g/mol. The molecule has 5 heteroatoms. The Labute approximate surface area is 92.5 Å². The Morgan fingerprint density at radius 2 is 2.00 bits per heavy atom. The van der Waals surface area contributed by atoms with Crippen LogP contribution in [-0.4, -0.2) is 29.5 Å². The molecule has 1 rings (SSSR count). The summed E-state index contributed by atoms with van der Waals surface area (Å²) in [6.07, 6.45) is 0. The molecule has 0 aromatic heterocycles. The van der Waals surface area contributed by atoms with E-state index >= 15 is 0 Å². The second kappa shape index (κ2) is 6.02. The Morgan fingerprint density at radius 1 is 1.33 bits per heavy atom. The molecule has 0 radical (unpaired) electrons. The van der Waals surface area contributed by atoms with Crippen LogP contribution in [-0.2, 0) is 6.54 Å². The lowest BCUT2D eigenvalue weighted by molar-refractivity contribution is 0.170. The van der Waals surface area contributed by atoms with Gasteiger partial charge in [0, 0.05) is 6.54 Å². The summed E-state index contributed by atoms with van der Waals surface area (Å²) < 4.78 is 12.8. The van der Waals surface area contributed by atoms with E-state index in [1.165, 1.54) is 12.1 Å². The maximum Gasteiger partial charge on any atom is 0.141 e. The molecule has 0 amide bonds. The van der Waals surface area contributed by atoms with Crippen LogP contribution in [0.3, 0.4) is 0 Å². The van der Waals surface area contributed by atoms with Crippen molar-refractivity contribution in [3.63, 3.8) is 0 Å². The highest BCUT2D eigenvalue weighted by atomic mass is 35.5. The van der Waals surface area contributed by atoms with Gasteiger partial charge < -0.3 is 15.5 Å². The zero-order valence-corrected chi connectivity index (χ0v) is 8.84. The van der Waals surface area contributed by atoms with Gasteiger partial charge in [-0.1, -0.05) is 17.7 Å². The van der Waals surface area contributed by atoms with Crippen molar-refractivity contribution in [2.75, 3.05) is 13.2 Å². The predicted molar refractivity (Wildman–Crippen MR) is 56.2 cm³/mol. The minimum Gasteiger partial charge on any atom is -0.395 e. The fourth-order valence-corrected chi connectivity index (χ4v) is 1.30. The lowest BCUT2D eigenvalue weighted by atomic mass is 10.2. The summed E-state index contributed by atoms with van der Waals surface area (Å²) in [6.45, 7) is 0.128. The summed E-state index contributed by atoms with van der Waals surface area (Å²) in [4.78, 5) is 0. The highest BCUT2D eigenvalue weighted by Crippen LogP contribution is 2.15. The summed E-state index contributed by atoms with van der Waals surface area (Å²) in [5.41, 5.74) is 0.799. The van der Waals surface area contributed by atoms with Gasteiger partial charge >= 0.3 is 0 Å². The molecule has 0 saturated heterocycles. The molecule has 0 spiro atoms. The van der Waals surface area contributed by atoms with Gasteiger partial charge in [0.1, 0.15) is 5.82 Å². The molecule has 84 valence electrons. The van der Waals surface area contributed by atoms with Gasteiger partial charge in [0.05, 0.1) is 24.3 Å². The van der Waals surface area contributed by atoms with Gasteiger partial charge in [0.2, 0.25) is 0 Å². The third-order valence-corrected chi connectivity index (χ3v) is 2.31. The van der Waals surface area contributed by atoms with Crippen LogP contribution in [0.15, 0.2) is 18.2 Å². The molecule has 0 aliphatic carbocycles. The van der Waals surface area contributed by atoms with Crippen molar-refractivity contribution in [1.82, 2.24) is 5.32 Å². The zero-order valence-electron chi connectivity index (χ0n) is 8.08. The second-order valence-corrected chi connectivity index (χ2v) is 3.60. The number of aliphatic hydroxyl groups is 2. The number of nitrogens with one attached hydrogen (secondary N) is 1. The van der Waals surface area contributed by atoms with Crippen molar-refractivity contribution in [1.29, 1.82) is 0 Å². The highest BCUT2D eigenvalue weighted by Gasteiger charge is 2.05. The van der Waals surface area contributed by atoms with Crippen LogP contribution in [0.4, 0.5) is 4.39 Å². The summed E-state index contributed by atoms with van der Waals surface area (Å²) in [7, 11) is 0. The van der Waals surface area contributed by atoms with E-state index in [2.05, 4.69) is 5.32 Å². The first kappa shape index (κ1) is 12.4. The van der Waals surface area contributed by atoms with Crippen LogP contribution < -0.4 is 5.32 Å². The third kappa shape index (κ3) is 3.76. The Bertz CT molecular complexity index is 318. The Morgan fingerprint density at radius 3 is 2.53 bits per heavy atom. The molecule has 0 aliphatic heterocycles. The van der Waals surface area contributed by atoms with E-state index in [-0.39, 0.29) is 24.3 Å². The third-order valence-electron chi connectivity index (χ3n) is 2.02. The predicted octanol–water partition coefficient (Wildman–Crippen LogP) is 0.922. The van der Waals surface area contributed by atoms with E-state index in [4.69, 9.17) is 21.8 Å². The average Bonchev–Trinajstić information content (AvgIpc) is 2.24. The summed E-state index contributed by atoms with van der Waals surface area (Å²) in [5.74, 6) is -0.457. The molecule has 0 unspecified atom stereocenters. The van der Waals surface area contributed by atoms with Gasteiger partial charge in [-0.2, -0.15) is 0 Å². The van der Waals surface area contributed by atoms with Gasteiger partial charge in [-0.3, -0.25) is 0 Å². The molecule has 0 bridgehead atoms. The van der Waals surface area contributed by atoms with Crippen LogP contribution >= 0.6 is 11.6 Å². The van der Waals surface area contributed by atoms with Gasteiger partial charge in [-0.15, -0.1) is 0 Å². The fourth-order valence-electron chi connectivity index (χ4n) is 1.10. The standard InChI is InChI=1S/C10H13ClFNO2/c11-9-3-7(1-2-10(9)12)4-13-8(5-14)6-15/h1-3,8,13-15H,4-6H2. The van der Waals surface area contributed by atoms with Crippen molar-refractivity contribution < 1.29 is 14.6 Å². The first-order chi connectivity index (χ1) is 7.17. The van der Waals surface area contributed by atoms with E-state index in [9.17, 15) is 4.39 Å². The summed E-state index contributed by atoms with van der Waals surface area (Å²) in [6, 6.07) is 4.02. The van der Waals surface area contributed by atoms with Crippen molar-refractivity contribution in [3.05, 3.63) is 34.6 Å². The molecule has 3 N–H and O–H groups in total. The van der Waals surface area contributed by atoms with Crippen molar-refractivity contribution >= 4 is 11.6 Å². The number of hydrogen-bond donors (Lipinski definition) is 3. The van der Waals surface area contributed by atoms with Crippen molar-refractivity contribution in [2.45, 2.75) is 12.6 Å². The van der Waals surface area contributed by atoms with Crippen LogP contribution in [0.5, 0.6) is 0 Å². The molecular formula is C10H13ClFNO2. The number of rotatable bonds is 5. The lowest BCUT2D eigenvalue weighted by Gasteiger charge is -2.13. The SMILES string of the molecule is OCC(CO)NCc1ccc(F)c(Cl)c1. The molecular weight excluding hydrogens is 221 g/mol. The number of hydrogen-bond acceptors (Lipinski definition) is 3. The summed E-state index contributed by atoms with van der Waals surface area (Å²) in [5, 5.41) is 20.6.